The fraction of sp³-hybridized carbons (Fsp3) is 0.308. The third-order valence-electron chi connectivity index (χ3n) is 2.34. The van der Waals surface area contributed by atoms with E-state index < -0.39 is 5.97 Å². The van der Waals surface area contributed by atoms with E-state index in [-0.39, 0.29) is 5.57 Å². The maximum atomic E-state index is 10.5. The van der Waals surface area contributed by atoms with Crippen LogP contribution in [0.5, 0.6) is 5.75 Å². The fourth-order valence-electron chi connectivity index (χ4n) is 1.30. The summed E-state index contributed by atoms with van der Waals surface area (Å²) in [5.41, 5.74) is 1.25. The lowest BCUT2D eigenvalue weighted by Gasteiger charge is -2.07. The van der Waals surface area contributed by atoms with Crippen molar-refractivity contribution in [2.45, 2.75) is 12.8 Å². The van der Waals surface area contributed by atoms with Crippen molar-refractivity contribution in [3.63, 3.8) is 0 Å². The Morgan fingerprint density at radius 3 is 2.59 bits per heavy atom. The minimum absolute atomic E-state index is 0.221. The van der Waals surface area contributed by atoms with E-state index in [1.807, 2.05) is 31.3 Å². The summed E-state index contributed by atoms with van der Waals surface area (Å²) in [6.07, 6.45) is 1.10. The lowest BCUT2D eigenvalue weighted by Crippen LogP contribution is -2.03. The van der Waals surface area contributed by atoms with Crippen molar-refractivity contribution in [3.05, 3.63) is 36.4 Å². The summed E-state index contributed by atoms with van der Waals surface area (Å²) in [6, 6.07) is 7.59. The monoisotopic (exact) mass is 235 g/mol. The highest BCUT2D eigenvalue weighted by Crippen LogP contribution is 2.15. The predicted molar refractivity (Wildman–Crippen MR) is 67.5 cm³/mol. The van der Waals surface area contributed by atoms with Crippen LogP contribution in [-0.2, 0) is 4.79 Å². The predicted octanol–water partition coefficient (Wildman–Crippen LogP) is 2.53. The number of carboxylic acid groups (broad SMARTS) is 1. The standard InChI is InChI=1S/C13H17NO3/c1-10(13(15)16)4-3-9-17-12-7-5-11(14-2)6-8-12/h5-8,14H,1,3-4,9H2,2H3,(H,15,16). The summed E-state index contributed by atoms with van der Waals surface area (Å²) in [6.45, 7) is 3.95. The molecule has 17 heavy (non-hydrogen) atoms. The molecule has 0 unspecified atom stereocenters. The van der Waals surface area contributed by atoms with Crippen LogP contribution in [0.1, 0.15) is 12.8 Å². The van der Waals surface area contributed by atoms with E-state index in [9.17, 15) is 4.79 Å². The molecule has 0 fully saturated rings. The molecule has 0 radical (unpaired) electrons. The first-order valence-corrected chi connectivity index (χ1v) is 5.45. The molecule has 1 aromatic rings. The van der Waals surface area contributed by atoms with E-state index in [1.54, 1.807) is 0 Å². The van der Waals surface area contributed by atoms with Crippen LogP contribution in [0.2, 0.25) is 0 Å². The lowest BCUT2D eigenvalue weighted by molar-refractivity contribution is -0.132. The van der Waals surface area contributed by atoms with E-state index in [2.05, 4.69) is 11.9 Å². The molecule has 0 bridgehead atoms. The Hall–Kier alpha value is -1.97. The van der Waals surface area contributed by atoms with E-state index in [0.717, 1.165) is 11.4 Å². The van der Waals surface area contributed by atoms with Crippen LogP contribution in [0.3, 0.4) is 0 Å². The van der Waals surface area contributed by atoms with E-state index >= 15 is 0 Å². The molecule has 0 atom stereocenters. The second kappa shape index (κ2) is 6.58. The van der Waals surface area contributed by atoms with Gasteiger partial charge in [0.1, 0.15) is 5.75 Å². The molecule has 92 valence electrons. The molecule has 1 rings (SSSR count). The molecule has 0 aromatic heterocycles. The molecule has 0 spiro atoms. The van der Waals surface area contributed by atoms with Crippen molar-refractivity contribution in [2.75, 3.05) is 19.0 Å². The zero-order chi connectivity index (χ0) is 12.7. The van der Waals surface area contributed by atoms with Crippen LogP contribution >= 0.6 is 0 Å². The molecule has 2 N–H and O–H groups in total. The van der Waals surface area contributed by atoms with Crippen LogP contribution in [-0.4, -0.2) is 24.7 Å². The Balaban J connectivity index is 2.26. The van der Waals surface area contributed by atoms with Crippen LogP contribution < -0.4 is 10.1 Å². The first kappa shape index (κ1) is 13.1. The van der Waals surface area contributed by atoms with E-state index in [4.69, 9.17) is 9.84 Å². The molecule has 1 aromatic carbocycles. The van der Waals surface area contributed by atoms with Crippen molar-refractivity contribution in [3.8, 4) is 5.75 Å². The summed E-state index contributed by atoms with van der Waals surface area (Å²) in [5.74, 6) is -0.159. The Labute approximate surface area is 101 Å². The molecule has 4 nitrogen and oxygen atoms in total. The Bertz CT molecular complexity index is 384. The molecule has 0 aliphatic heterocycles. The van der Waals surface area contributed by atoms with Crippen molar-refractivity contribution in [1.82, 2.24) is 0 Å². The average Bonchev–Trinajstić information content (AvgIpc) is 2.35. The van der Waals surface area contributed by atoms with Gasteiger partial charge in [0.15, 0.2) is 0 Å². The number of benzene rings is 1. The second-order valence-electron chi connectivity index (χ2n) is 3.64. The largest absolute Gasteiger partial charge is 0.494 e. The van der Waals surface area contributed by atoms with Gasteiger partial charge in [0, 0.05) is 18.3 Å². The molecular formula is C13H17NO3. The number of rotatable bonds is 7. The van der Waals surface area contributed by atoms with Crippen molar-refractivity contribution in [2.24, 2.45) is 0 Å². The quantitative estimate of drug-likeness (QED) is 0.563. The van der Waals surface area contributed by atoms with Gasteiger partial charge < -0.3 is 15.2 Å². The summed E-state index contributed by atoms with van der Waals surface area (Å²) >= 11 is 0. The van der Waals surface area contributed by atoms with Gasteiger partial charge in [0.25, 0.3) is 0 Å². The number of carboxylic acids is 1. The van der Waals surface area contributed by atoms with Crippen LogP contribution in [0, 0.1) is 0 Å². The molecule has 0 aliphatic rings. The summed E-state index contributed by atoms with van der Waals surface area (Å²) < 4.78 is 5.47. The maximum absolute atomic E-state index is 10.5. The smallest absolute Gasteiger partial charge is 0.330 e. The number of ether oxygens (including phenoxy) is 1. The third kappa shape index (κ3) is 4.59. The van der Waals surface area contributed by atoms with Gasteiger partial charge in [-0.05, 0) is 37.1 Å². The normalized spacial score (nSPS) is 9.71. The molecule has 0 saturated carbocycles. The minimum Gasteiger partial charge on any atom is -0.494 e. The van der Waals surface area contributed by atoms with Gasteiger partial charge in [-0.3, -0.25) is 0 Å². The van der Waals surface area contributed by atoms with Gasteiger partial charge in [-0.15, -0.1) is 0 Å². The minimum atomic E-state index is -0.941. The van der Waals surface area contributed by atoms with Gasteiger partial charge >= 0.3 is 5.97 Å². The van der Waals surface area contributed by atoms with Crippen LogP contribution in [0.4, 0.5) is 5.69 Å². The second-order valence-corrected chi connectivity index (χ2v) is 3.64. The van der Waals surface area contributed by atoms with Gasteiger partial charge in [0.2, 0.25) is 0 Å². The number of carbonyl (C=O) groups is 1. The van der Waals surface area contributed by atoms with E-state index in [0.29, 0.717) is 19.4 Å². The number of hydrogen-bond acceptors (Lipinski definition) is 3. The summed E-state index contributed by atoms with van der Waals surface area (Å²) in [5, 5.41) is 11.6. The van der Waals surface area contributed by atoms with Crippen LogP contribution in [0.25, 0.3) is 0 Å². The van der Waals surface area contributed by atoms with Crippen LogP contribution in [0.15, 0.2) is 36.4 Å². The number of anilines is 1. The summed E-state index contributed by atoms with van der Waals surface area (Å²) in [7, 11) is 1.85. The summed E-state index contributed by atoms with van der Waals surface area (Å²) in [4.78, 5) is 10.5. The molecule has 0 heterocycles. The lowest BCUT2D eigenvalue weighted by atomic mass is 10.2. The highest BCUT2D eigenvalue weighted by atomic mass is 16.5. The first-order valence-electron chi connectivity index (χ1n) is 5.45. The van der Waals surface area contributed by atoms with E-state index in [1.165, 1.54) is 0 Å². The fourth-order valence-corrected chi connectivity index (χ4v) is 1.30. The molecule has 4 heteroatoms. The topological polar surface area (TPSA) is 58.6 Å². The molecule has 0 amide bonds. The van der Waals surface area contributed by atoms with Gasteiger partial charge in [-0.2, -0.15) is 0 Å². The zero-order valence-corrected chi connectivity index (χ0v) is 9.90. The average molecular weight is 235 g/mol. The number of hydrogen-bond donors (Lipinski definition) is 2. The number of aliphatic carboxylic acids is 1. The van der Waals surface area contributed by atoms with Crippen molar-refractivity contribution < 1.29 is 14.6 Å². The SMILES string of the molecule is C=C(CCCOc1ccc(NC)cc1)C(=O)O. The Kier molecular flexibility index (Phi) is 5.07. The van der Waals surface area contributed by atoms with Crippen molar-refractivity contribution in [1.29, 1.82) is 0 Å². The maximum Gasteiger partial charge on any atom is 0.330 e. The van der Waals surface area contributed by atoms with Gasteiger partial charge in [-0.25, -0.2) is 4.79 Å². The van der Waals surface area contributed by atoms with Crippen molar-refractivity contribution >= 4 is 11.7 Å². The molecule has 0 aliphatic carbocycles. The molecular weight excluding hydrogens is 218 g/mol. The number of nitrogens with one attached hydrogen (secondary N) is 1. The highest BCUT2D eigenvalue weighted by molar-refractivity contribution is 5.85. The van der Waals surface area contributed by atoms with Gasteiger partial charge in [-0.1, -0.05) is 6.58 Å². The van der Waals surface area contributed by atoms with Gasteiger partial charge in [0.05, 0.1) is 6.61 Å². The zero-order valence-electron chi connectivity index (χ0n) is 9.90. The highest BCUT2D eigenvalue weighted by Gasteiger charge is 2.03. The Morgan fingerprint density at radius 1 is 1.41 bits per heavy atom. The third-order valence-corrected chi connectivity index (χ3v) is 2.34. The molecule has 0 saturated heterocycles. The first-order chi connectivity index (χ1) is 8.13. The Morgan fingerprint density at radius 2 is 2.06 bits per heavy atom.